The molecule has 9 nitrogen and oxygen atoms in total. The first-order valence-corrected chi connectivity index (χ1v) is 14.2. The van der Waals surface area contributed by atoms with Gasteiger partial charge in [0, 0.05) is 23.5 Å². The molecule has 0 saturated carbocycles. The fourth-order valence-electron chi connectivity index (χ4n) is 5.23. The summed E-state index contributed by atoms with van der Waals surface area (Å²) in [6.07, 6.45) is 1.43. The average molecular weight is 602 g/mol. The molecule has 0 unspecified atom stereocenters. The molecule has 0 aliphatic carbocycles. The number of imidazole rings is 1. The summed E-state index contributed by atoms with van der Waals surface area (Å²) in [6, 6.07) is 13.5. The number of hydrogen-bond donors (Lipinski definition) is 1. The number of ether oxygens (including phenoxy) is 2. The molecule has 5 aromatic rings. The highest BCUT2D eigenvalue weighted by Gasteiger charge is 2.39. The van der Waals surface area contributed by atoms with E-state index in [4.69, 9.17) is 19.7 Å². The van der Waals surface area contributed by atoms with Crippen LogP contribution in [0.5, 0.6) is 5.88 Å². The van der Waals surface area contributed by atoms with E-state index < -0.39 is 17.6 Å². The molecule has 0 radical (unpaired) electrons. The smallest absolute Gasteiger partial charge is 0.335 e. The van der Waals surface area contributed by atoms with Crippen LogP contribution < -0.4 is 4.74 Å². The number of benzene rings is 2. The number of carboxylic acids is 1. The lowest BCUT2D eigenvalue weighted by Gasteiger charge is -2.28. The third kappa shape index (κ3) is 5.57. The number of rotatable bonds is 8. The summed E-state index contributed by atoms with van der Waals surface area (Å²) in [6.45, 7) is 5.04. The standard InChI is InChI=1S/C31H25F2N5O4S/c1-31(2)16-41-14-26(31)38-25-9-17(30(39)40)6-7-24(25)36-27(38)10-18-8-22(33)20(11-21(18)32)23-4-3-5-28(37-23)42-15-29-35-13-19(12-34)43-29/h3-9,11,13,26H,10,14-16H2,1-2H3,(H,39,40)/t26-/m0/s1. The Bertz CT molecular complexity index is 1910. The lowest BCUT2D eigenvalue weighted by molar-refractivity contribution is 0.0697. The van der Waals surface area contributed by atoms with Crippen molar-refractivity contribution in [1.82, 2.24) is 19.5 Å². The van der Waals surface area contributed by atoms with Gasteiger partial charge in [-0.15, -0.1) is 11.3 Å². The predicted molar refractivity (Wildman–Crippen MR) is 154 cm³/mol. The van der Waals surface area contributed by atoms with Gasteiger partial charge in [-0.1, -0.05) is 19.9 Å². The molecule has 0 bridgehead atoms. The van der Waals surface area contributed by atoms with Gasteiger partial charge in [-0.25, -0.2) is 28.5 Å². The van der Waals surface area contributed by atoms with E-state index in [1.807, 2.05) is 24.5 Å². The van der Waals surface area contributed by atoms with Gasteiger partial charge >= 0.3 is 5.97 Å². The first-order chi connectivity index (χ1) is 20.6. The third-order valence-corrected chi connectivity index (χ3v) is 8.34. The van der Waals surface area contributed by atoms with Gasteiger partial charge < -0.3 is 19.1 Å². The van der Waals surface area contributed by atoms with Gasteiger partial charge in [0.15, 0.2) is 0 Å². The number of thiazole rings is 1. The van der Waals surface area contributed by atoms with Crippen LogP contribution >= 0.6 is 11.3 Å². The lowest BCUT2D eigenvalue weighted by atomic mass is 9.87. The molecule has 0 spiro atoms. The predicted octanol–water partition coefficient (Wildman–Crippen LogP) is 6.17. The topological polar surface area (TPSA) is 123 Å². The fourth-order valence-corrected chi connectivity index (χ4v) is 5.86. The van der Waals surface area contributed by atoms with Crippen LogP contribution in [0.1, 0.15) is 51.5 Å². The second-order valence-corrected chi connectivity index (χ2v) is 12.0. The molecule has 12 heteroatoms. The molecule has 2 aromatic carbocycles. The minimum atomic E-state index is -1.07. The van der Waals surface area contributed by atoms with Gasteiger partial charge in [0.25, 0.3) is 0 Å². The molecule has 3 aromatic heterocycles. The SMILES string of the molecule is CC1(C)COC[C@@H]1n1c(Cc2cc(F)c(-c3cccc(OCc4ncc(C#N)s4)n3)cc2F)nc2ccc(C(=O)O)cc21. The largest absolute Gasteiger partial charge is 0.478 e. The van der Waals surface area contributed by atoms with Crippen LogP contribution in [-0.2, 0) is 17.8 Å². The van der Waals surface area contributed by atoms with Crippen LogP contribution in [0.2, 0.25) is 0 Å². The summed E-state index contributed by atoms with van der Waals surface area (Å²) in [4.78, 5) is 25.3. The number of hydrogen-bond acceptors (Lipinski definition) is 8. The van der Waals surface area contributed by atoms with E-state index in [2.05, 4.69) is 9.97 Å². The Balaban J connectivity index is 1.32. The molecule has 1 N–H and O–H groups in total. The van der Waals surface area contributed by atoms with Crippen molar-refractivity contribution in [3.8, 4) is 23.2 Å². The summed E-state index contributed by atoms with van der Waals surface area (Å²) in [7, 11) is 0. The van der Waals surface area contributed by atoms with Crippen molar-refractivity contribution in [1.29, 1.82) is 5.26 Å². The van der Waals surface area contributed by atoms with Crippen molar-refractivity contribution in [2.75, 3.05) is 13.2 Å². The van der Waals surface area contributed by atoms with Crippen LogP contribution in [0.3, 0.4) is 0 Å². The average Bonchev–Trinajstić information content (AvgIpc) is 3.69. The van der Waals surface area contributed by atoms with E-state index in [0.717, 1.165) is 12.1 Å². The maximum Gasteiger partial charge on any atom is 0.335 e. The first-order valence-electron chi connectivity index (χ1n) is 13.4. The Hall–Kier alpha value is -4.73. The molecule has 1 saturated heterocycles. The number of carboxylic acid groups (broad SMARTS) is 1. The van der Waals surface area contributed by atoms with E-state index in [1.165, 1.54) is 23.6 Å². The molecule has 1 atom stereocenters. The molecule has 1 fully saturated rings. The van der Waals surface area contributed by atoms with Gasteiger partial charge in [0.2, 0.25) is 5.88 Å². The minimum absolute atomic E-state index is 0.0260. The number of carbonyl (C=O) groups is 1. The van der Waals surface area contributed by atoms with E-state index in [-0.39, 0.29) is 52.7 Å². The highest BCUT2D eigenvalue weighted by atomic mass is 32.1. The number of pyridine rings is 1. The highest BCUT2D eigenvalue weighted by molar-refractivity contribution is 7.12. The molecule has 218 valence electrons. The van der Waals surface area contributed by atoms with Gasteiger partial charge in [0.1, 0.15) is 40.0 Å². The Morgan fingerprint density at radius 2 is 2.05 bits per heavy atom. The monoisotopic (exact) mass is 601 g/mol. The summed E-state index contributed by atoms with van der Waals surface area (Å²) < 4.78 is 44.4. The van der Waals surface area contributed by atoms with Crippen LogP contribution in [-0.4, -0.2) is 43.8 Å². The fraction of sp³-hybridized carbons (Fsp3) is 0.258. The zero-order valence-corrected chi connectivity index (χ0v) is 24.0. The summed E-state index contributed by atoms with van der Waals surface area (Å²) >= 11 is 1.20. The van der Waals surface area contributed by atoms with Crippen molar-refractivity contribution < 1.29 is 28.2 Å². The zero-order chi connectivity index (χ0) is 30.3. The van der Waals surface area contributed by atoms with E-state index in [9.17, 15) is 9.90 Å². The van der Waals surface area contributed by atoms with E-state index in [0.29, 0.717) is 40.0 Å². The van der Waals surface area contributed by atoms with E-state index >= 15 is 8.78 Å². The van der Waals surface area contributed by atoms with E-state index in [1.54, 1.807) is 30.3 Å². The van der Waals surface area contributed by atoms with Gasteiger partial charge in [-0.3, -0.25) is 0 Å². The quantitative estimate of drug-likeness (QED) is 0.224. The summed E-state index contributed by atoms with van der Waals surface area (Å²) in [5.41, 5.74) is 1.22. The Kier molecular flexibility index (Phi) is 7.37. The van der Waals surface area contributed by atoms with Crippen molar-refractivity contribution in [2.24, 2.45) is 5.41 Å². The summed E-state index contributed by atoms with van der Waals surface area (Å²) in [5.74, 6) is -1.70. The third-order valence-electron chi connectivity index (χ3n) is 7.46. The molecule has 43 heavy (non-hydrogen) atoms. The second-order valence-electron chi connectivity index (χ2n) is 10.9. The molecule has 1 aliphatic heterocycles. The molecule has 1 aliphatic rings. The Labute approximate surface area is 249 Å². The highest BCUT2D eigenvalue weighted by Crippen LogP contribution is 2.40. The maximum absolute atomic E-state index is 15.6. The minimum Gasteiger partial charge on any atom is -0.478 e. The lowest BCUT2D eigenvalue weighted by Crippen LogP contribution is -2.27. The normalized spacial score (nSPS) is 15.9. The zero-order valence-electron chi connectivity index (χ0n) is 23.2. The molecular formula is C31H25F2N5O4S. The number of halogens is 2. The second kappa shape index (κ2) is 11.2. The summed E-state index contributed by atoms with van der Waals surface area (Å²) in [5, 5.41) is 19.1. The van der Waals surface area contributed by atoms with Crippen LogP contribution in [0.15, 0.2) is 54.7 Å². The van der Waals surface area contributed by atoms with Gasteiger partial charge in [-0.05, 0) is 42.0 Å². The molecule has 0 amide bonds. The van der Waals surface area contributed by atoms with Gasteiger partial charge in [-0.2, -0.15) is 5.26 Å². The number of nitrogens with zero attached hydrogens (tertiary/aromatic N) is 5. The Morgan fingerprint density at radius 1 is 1.21 bits per heavy atom. The van der Waals surface area contributed by atoms with Crippen LogP contribution in [0.25, 0.3) is 22.3 Å². The number of nitriles is 1. The van der Waals surface area contributed by atoms with Crippen molar-refractivity contribution in [3.63, 3.8) is 0 Å². The van der Waals surface area contributed by atoms with Crippen molar-refractivity contribution >= 4 is 28.3 Å². The van der Waals surface area contributed by atoms with Crippen LogP contribution in [0.4, 0.5) is 8.78 Å². The van der Waals surface area contributed by atoms with Crippen molar-refractivity contribution in [2.45, 2.75) is 32.9 Å². The first kappa shape index (κ1) is 28.4. The number of fused-ring (bicyclic) bond motifs is 1. The maximum atomic E-state index is 15.6. The molecule has 6 rings (SSSR count). The van der Waals surface area contributed by atoms with Crippen molar-refractivity contribution in [3.05, 3.63) is 93.2 Å². The number of aromatic nitrogens is 4. The molecule has 4 heterocycles. The molecular weight excluding hydrogens is 576 g/mol. The number of aromatic carboxylic acids is 1. The van der Waals surface area contributed by atoms with Gasteiger partial charge in [0.05, 0.1) is 47.7 Å². The van der Waals surface area contributed by atoms with Crippen LogP contribution in [0, 0.1) is 28.4 Å². The Morgan fingerprint density at radius 3 is 2.77 bits per heavy atom.